The number of ketones is 1. The van der Waals surface area contributed by atoms with Gasteiger partial charge in [-0.3, -0.25) is 4.79 Å². The van der Waals surface area contributed by atoms with Gasteiger partial charge >= 0.3 is 0 Å². The Morgan fingerprint density at radius 3 is 2.40 bits per heavy atom. The molecule has 0 aromatic carbocycles. The van der Waals surface area contributed by atoms with Crippen LogP contribution in [0.2, 0.25) is 0 Å². The minimum absolute atomic E-state index is 0.0952. The largest absolute Gasteiger partial charge is 0.299 e. The highest BCUT2D eigenvalue weighted by atomic mass is 32.2. The standard InChI is InChI=1S/C10H17NO3S/c1-9(2)7-3-4-10(9,8(12)5-7)6-15(11,13)14/h7H,3-6H2,1-2H3,(H2,11,13,14)/t7-,10?/m0/s1. The Kier molecular flexibility index (Phi) is 2.09. The van der Waals surface area contributed by atoms with E-state index in [0.717, 1.165) is 6.42 Å². The Morgan fingerprint density at radius 1 is 1.47 bits per heavy atom. The monoisotopic (exact) mass is 231 g/mol. The van der Waals surface area contributed by atoms with Gasteiger partial charge in [0, 0.05) is 11.8 Å². The number of Topliss-reactive ketones (excluding diaryl/α,β-unsaturated/α-hetero) is 1. The summed E-state index contributed by atoms with van der Waals surface area (Å²) in [4.78, 5) is 11.9. The van der Waals surface area contributed by atoms with Gasteiger partial charge in [-0.15, -0.1) is 0 Å². The van der Waals surface area contributed by atoms with Crippen LogP contribution in [0.3, 0.4) is 0 Å². The summed E-state index contributed by atoms with van der Waals surface area (Å²) >= 11 is 0. The molecule has 2 bridgehead atoms. The molecule has 15 heavy (non-hydrogen) atoms. The van der Waals surface area contributed by atoms with Crippen molar-refractivity contribution in [1.29, 1.82) is 0 Å². The van der Waals surface area contributed by atoms with Crippen LogP contribution in [0.25, 0.3) is 0 Å². The minimum atomic E-state index is -3.58. The first-order valence-corrected chi connectivity index (χ1v) is 6.94. The van der Waals surface area contributed by atoms with Crippen molar-refractivity contribution >= 4 is 15.8 Å². The molecule has 0 aromatic rings. The molecule has 0 saturated heterocycles. The van der Waals surface area contributed by atoms with Crippen LogP contribution in [0, 0.1) is 16.7 Å². The van der Waals surface area contributed by atoms with E-state index in [1.807, 2.05) is 13.8 Å². The van der Waals surface area contributed by atoms with Crippen LogP contribution in [-0.4, -0.2) is 20.0 Å². The Labute approximate surface area is 90.3 Å². The predicted molar refractivity (Wildman–Crippen MR) is 56.5 cm³/mol. The van der Waals surface area contributed by atoms with Crippen molar-refractivity contribution in [2.75, 3.05) is 5.75 Å². The molecule has 0 spiro atoms. The Balaban J connectivity index is 2.45. The zero-order valence-electron chi connectivity index (χ0n) is 9.12. The van der Waals surface area contributed by atoms with Crippen LogP contribution in [0.4, 0.5) is 0 Å². The molecule has 0 heterocycles. The molecule has 0 aromatic heterocycles. The first-order valence-electron chi connectivity index (χ1n) is 5.23. The van der Waals surface area contributed by atoms with Crippen molar-refractivity contribution in [3.63, 3.8) is 0 Å². The van der Waals surface area contributed by atoms with Gasteiger partial charge in [-0.05, 0) is 24.2 Å². The summed E-state index contributed by atoms with van der Waals surface area (Å²) in [5.74, 6) is 0.257. The topological polar surface area (TPSA) is 77.2 Å². The van der Waals surface area contributed by atoms with E-state index in [-0.39, 0.29) is 17.0 Å². The lowest BCUT2D eigenvalue weighted by atomic mass is 9.70. The number of rotatable bonds is 2. The Bertz CT molecular complexity index is 412. The Morgan fingerprint density at radius 2 is 2.07 bits per heavy atom. The van der Waals surface area contributed by atoms with Gasteiger partial charge in [0.05, 0.1) is 5.75 Å². The maximum absolute atomic E-state index is 11.9. The third-order valence-corrected chi connectivity index (χ3v) is 5.48. The first kappa shape index (κ1) is 11.1. The lowest BCUT2D eigenvalue weighted by molar-refractivity contribution is -0.128. The number of hydrogen-bond donors (Lipinski definition) is 1. The number of fused-ring (bicyclic) bond motifs is 2. The summed E-state index contributed by atoms with van der Waals surface area (Å²) in [5, 5.41) is 5.10. The number of nitrogens with two attached hydrogens (primary N) is 1. The van der Waals surface area contributed by atoms with Gasteiger partial charge in [-0.25, -0.2) is 13.6 Å². The van der Waals surface area contributed by atoms with Crippen molar-refractivity contribution in [1.82, 2.24) is 0 Å². The van der Waals surface area contributed by atoms with Crippen LogP contribution >= 0.6 is 0 Å². The molecular weight excluding hydrogens is 214 g/mol. The van der Waals surface area contributed by atoms with Crippen LogP contribution in [0.15, 0.2) is 0 Å². The summed E-state index contributed by atoms with van der Waals surface area (Å²) in [6, 6.07) is 0. The fourth-order valence-corrected chi connectivity index (χ4v) is 4.82. The summed E-state index contributed by atoms with van der Waals surface area (Å²) in [6.45, 7) is 4.00. The fraction of sp³-hybridized carbons (Fsp3) is 0.900. The number of sulfonamides is 1. The number of carbonyl (C=O) groups excluding carboxylic acids is 1. The maximum Gasteiger partial charge on any atom is 0.210 e. The summed E-state index contributed by atoms with van der Waals surface area (Å²) in [7, 11) is -3.58. The van der Waals surface area contributed by atoms with E-state index in [0.29, 0.717) is 18.8 Å². The zero-order valence-corrected chi connectivity index (χ0v) is 9.93. The highest BCUT2D eigenvalue weighted by Crippen LogP contribution is 2.64. The minimum Gasteiger partial charge on any atom is -0.299 e. The van der Waals surface area contributed by atoms with Gasteiger partial charge in [0.2, 0.25) is 10.0 Å². The molecule has 2 N–H and O–H groups in total. The third kappa shape index (κ3) is 1.36. The SMILES string of the molecule is CC1(C)[C@H]2CCC1(CS(N)(=O)=O)C(=O)C2. The molecule has 86 valence electrons. The van der Waals surface area contributed by atoms with E-state index in [4.69, 9.17) is 5.14 Å². The second kappa shape index (κ2) is 2.83. The molecule has 0 radical (unpaired) electrons. The van der Waals surface area contributed by atoms with E-state index < -0.39 is 15.4 Å². The van der Waals surface area contributed by atoms with E-state index in [9.17, 15) is 13.2 Å². The summed E-state index contributed by atoms with van der Waals surface area (Å²) in [6.07, 6.45) is 2.16. The van der Waals surface area contributed by atoms with E-state index in [1.54, 1.807) is 0 Å². The van der Waals surface area contributed by atoms with Gasteiger partial charge in [-0.2, -0.15) is 0 Å². The van der Waals surface area contributed by atoms with E-state index >= 15 is 0 Å². The quantitative estimate of drug-likeness (QED) is 0.758. The second-order valence-corrected chi connectivity index (χ2v) is 7.09. The predicted octanol–water partition coefficient (Wildman–Crippen LogP) is 0.670. The van der Waals surface area contributed by atoms with Crippen molar-refractivity contribution in [2.24, 2.45) is 21.9 Å². The van der Waals surface area contributed by atoms with Gasteiger partial charge < -0.3 is 0 Å². The molecular formula is C10H17NO3S. The molecule has 2 saturated carbocycles. The molecule has 5 heteroatoms. The zero-order chi connectivity index (χ0) is 11.5. The van der Waals surface area contributed by atoms with Crippen LogP contribution in [0.5, 0.6) is 0 Å². The maximum atomic E-state index is 11.9. The van der Waals surface area contributed by atoms with E-state index in [2.05, 4.69) is 0 Å². The lowest BCUT2D eigenvalue weighted by Crippen LogP contribution is -2.43. The average molecular weight is 231 g/mol. The molecule has 4 nitrogen and oxygen atoms in total. The third-order valence-electron chi connectivity index (χ3n) is 4.59. The molecule has 2 atom stereocenters. The molecule has 2 rings (SSSR count). The smallest absolute Gasteiger partial charge is 0.210 e. The molecule has 2 fully saturated rings. The average Bonchev–Trinajstić information content (AvgIpc) is 2.34. The molecule has 2 aliphatic carbocycles. The first-order chi connectivity index (χ1) is 6.69. The molecule has 0 aliphatic heterocycles. The van der Waals surface area contributed by atoms with Crippen molar-refractivity contribution < 1.29 is 13.2 Å². The van der Waals surface area contributed by atoms with Crippen molar-refractivity contribution in [3.8, 4) is 0 Å². The lowest BCUT2D eigenvalue weighted by Gasteiger charge is -2.35. The van der Waals surface area contributed by atoms with Crippen LogP contribution < -0.4 is 5.14 Å². The molecule has 0 amide bonds. The summed E-state index contributed by atoms with van der Waals surface area (Å²) < 4.78 is 22.5. The van der Waals surface area contributed by atoms with Gasteiger partial charge in [0.25, 0.3) is 0 Å². The normalized spacial score (nSPS) is 38.6. The van der Waals surface area contributed by atoms with Crippen molar-refractivity contribution in [3.05, 3.63) is 0 Å². The Hall–Kier alpha value is -0.420. The van der Waals surface area contributed by atoms with Gasteiger partial charge in [-0.1, -0.05) is 13.8 Å². The number of carbonyl (C=O) groups is 1. The fourth-order valence-electron chi connectivity index (χ4n) is 3.45. The highest BCUT2D eigenvalue weighted by molar-refractivity contribution is 7.89. The van der Waals surface area contributed by atoms with E-state index in [1.165, 1.54) is 0 Å². The van der Waals surface area contributed by atoms with Gasteiger partial charge in [0.15, 0.2) is 0 Å². The molecule has 2 aliphatic rings. The van der Waals surface area contributed by atoms with Gasteiger partial charge in [0.1, 0.15) is 5.78 Å². The second-order valence-electron chi connectivity index (χ2n) is 5.47. The van der Waals surface area contributed by atoms with Crippen LogP contribution in [-0.2, 0) is 14.8 Å². The number of primary sulfonamides is 1. The number of hydrogen-bond acceptors (Lipinski definition) is 3. The van der Waals surface area contributed by atoms with Crippen molar-refractivity contribution in [2.45, 2.75) is 33.1 Å². The van der Waals surface area contributed by atoms with Crippen LogP contribution in [0.1, 0.15) is 33.1 Å². The molecule has 1 unspecified atom stereocenters. The summed E-state index contributed by atoms with van der Waals surface area (Å²) in [5.41, 5.74) is -0.915. The highest BCUT2D eigenvalue weighted by Gasteiger charge is 2.65.